The van der Waals surface area contributed by atoms with Gasteiger partial charge in [0, 0.05) is 16.7 Å². The average molecular weight is 538 g/mol. The third-order valence-electron chi connectivity index (χ3n) is 8.12. The van der Waals surface area contributed by atoms with Gasteiger partial charge < -0.3 is 0 Å². The molecule has 0 unspecified atom stereocenters. The van der Waals surface area contributed by atoms with Crippen LogP contribution in [-0.2, 0) is 0 Å². The van der Waals surface area contributed by atoms with Crippen molar-refractivity contribution in [3.05, 3.63) is 145 Å². The summed E-state index contributed by atoms with van der Waals surface area (Å²) in [5, 5.41) is 7.66. The van der Waals surface area contributed by atoms with Crippen LogP contribution in [0.2, 0.25) is 0 Å². The van der Waals surface area contributed by atoms with E-state index >= 15 is 0 Å². The number of aromatic nitrogens is 3. The van der Waals surface area contributed by atoms with Gasteiger partial charge in [0.05, 0.1) is 0 Å². The van der Waals surface area contributed by atoms with Gasteiger partial charge in [-0.15, -0.1) is 0 Å². The van der Waals surface area contributed by atoms with E-state index in [0.717, 1.165) is 35.1 Å². The Balaban J connectivity index is 1.28. The number of hydrogen-bond donors (Lipinski definition) is 0. The largest absolute Gasteiger partial charge is 0.208 e. The van der Waals surface area contributed by atoms with Gasteiger partial charge >= 0.3 is 0 Å². The van der Waals surface area contributed by atoms with E-state index in [0.29, 0.717) is 17.5 Å². The van der Waals surface area contributed by atoms with Gasteiger partial charge in [-0.05, 0) is 68.4 Å². The average Bonchev–Trinajstić information content (AvgIpc) is 3.09. The molecule has 1 heterocycles. The molecule has 6 aromatic carbocycles. The summed E-state index contributed by atoms with van der Waals surface area (Å²) in [6.07, 6.45) is 8.57. The maximum atomic E-state index is 4.97. The van der Waals surface area contributed by atoms with Gasteiger partial charge in [-0.3, -0.25) is 0 Å². The molecule has 0 atom stereocenters. The predicted octanol–water partition coefficient (Wildman–Crippen LogP) is 10.1. The van der Waals surface area contributed by atoms with Gasteiger partial charge in [-0.25, -0.2) is 15.0 Å². The lowest BCUT2D eigenvalue weighted by Gasteiger charge is -2.13. The molecule has 0 saturated carbocycles. The first-order valence-corrected chi connectivity index (χ1v) is 14.4. The lowest BCUT2D eigenvalue weighted by Crippen LogP contribution is -2.03. The van der Waals surface area contributed by atoms with Crippen molar-refractivity contribution in [1.82, 2.24) is 15.0 Å². The van der Waals surface area contributed by atoms with Crippen LogP contribution in [0.15, 0.2) is 140 Å². The SMILES string of the molecule is C1=CC(c2nc(-c3ccccc3)nc(-c3cccc(-c4ccc5c6ccccc6c6ccccc6c5c4)c3)n2)=CCC1. The summed E-state index contributed by atoms with van der Waals surface area (Å²) in [7, 11) is 0. The zero-order valence-corrected chi connectivity index (χ0v) is 23.0. The van der Waals surface area contributed by atoms with Crippen LogP contribution in [0.1, 0.15) is 18.7 Å². The van der Waals surface area contributed by atoms with Gasteiger partial charge in [0.25, 0.3) is 0 Å². The van der Waals surface area contributed by atoms with Crippen molar-refractivity contribution in [3.63, 3.8) is 0 Å². The van der Waals surface area contributed by atoms with E-state index < -0.39 is 0 Å². The minimum absolute atomic E-state index is 0.679. The number of allylic oxidation sites excluding steroid dienone is 4. The van der Waals surface area contributed by atoms with Gasteiger partial charge in [0.2, 0.25) is 0 Å². The highest BCUT2D eigenvalue weighted by atomic mass is 15.0. The van der Waals surface area contributed by atoms with Gasteiger partial charge in [-0.2, -0.15) is 0 Å². The second kappa shape index (κ2) is 10.2. The molecule has 3 heteroatoms. The van der Waals surface area contributed by atoms with Crippen LogP contribution in [0.3, 0.4) is 0 Å². The van der Waals surface area contributed by atoms with Crippen molar-refractivity contribution in [2.75, 3.05) is 0 Å². The molecule has 7 aromatic rings. The Morgan fingerprint density at radius 2 is 0.929 bits per heavy atom. The third kappa shape index (κ3) is 4.27. The fourth-order valence-electron chi connectivity index (χ4n) is 6.05. The summed E-state index contributed by atoms with van der Waals surface area (Å²) < 4.78 is 0. The fraction of sp³-hybridized carbons (Fsp3) is 0.0513. The summed E-state index contributed by atoms with van der Waals surface area (Å²) in [4.78, 5) is 14.8. The third-order valence-corrected chi connectivity index (χ3v) is 8.12. The van der Waals surface area contributed by atoms with Crippen molar-refractivity contribution in [1.29, 1.82) is 0 Å². The highest BCUT2D eigenvalue weighted by molar-refractivity contribution is 6.25. The van der Waals surface area contributed by atoms with Crippen LogP contribution in [0.5, 0.6) is 0 Å². The maximum Gasteiger partial charge on any atom is 0.164 e. The van der Waals surface area contributed by atoms with Crippen molar-refractivity contribution < 1.29 is 0 Å². The Morgan fingerprint density at radius 3 is 1.62 bits per heavy atom. The molecular formula is C39H27N3. The molecule has 8 rings (SSSR count). The van der Waals surface area contributed by atoms with Crippen LogP contribution < -0.4 is 0 Å². The van der Waals surface area contributed by atoms with E-state index in [4.69, 9.17) is 15.0 Å². The first kappa shape index (κ1) is 24.4. The molecule has 198 valence electrons. The molecule has 0 spiro atoms. The van der Waals surface area contributed by atoms with Crippen molar-refractivity contribution >= 4 is 37.9 Å². The van der Waals surface area contributed by atoms with Crippen LogP contribution in [-0.4, -0.2) is 15.0 Å². The van der Waals surface area contributed by atoms with Crippen molar-refractivity contribution in [3.8, 4) is 33.9 Å². The van der Waals surface area contributed by atoms with E-state index in [-0.39, 0.29) is 0 Å². The summed E-state index contributed by atoms with van der Waals surface area (Å²) >= 11 is 0. The molecule has 3 nitrogen and oxygen atoms in total. The van der Waals surface area contributed by atoms with E-state index in [1.54, 1.807) is 0 Å². The Kier molecular flexibility index (Phi) is 5.93. The number of benzene rings is 6. The van der Waals surface area contributed by atoms with E-state index in [1.807, 2.05) is 30.3 Å². The van der Waals surface area contributed by atoms with Gasteiger partial charge in [0.1, 0.15) is 0 Å². The van der Waals surface area contributed by atoms with E-state index in [9.17, 15) is 0 Å². The maximum absolute atomic E-state index is 4.97. The Bertz CT molecular complexity index is 2160. The number of hydrogen-bond acceptors (Lipinski definition) is 3. The van der Waals surface area contributed by atoms with Crippen molar-refractivity contribution in [2.24, 2.45) is 0 Å². The first-order valence-electron chi connectivity index (χ1n) is 14.4. The molecule has 0 saturated heterocycles. The first-order chi connectivity index (χ1) is 20.8. The molecular weight excluding hydrogens is 510 g/mol. The van der Waals surface area contributed by atoms with Crippen LogP contribution in [0.4, 0.5) is 0 Å². The second-order valence-electron chi connectivity index (χ2n) is 10.7. The molecule has 0 aliphatic heterocycles. The lowest BCUT2D eigenvalue weighted by molar-refractivity contribution is 1.01. The molecule has 0 N–H and O–H groups in total. The smallest absolute Gasteiger partial charge is 0.164 e. The Morgan fingerprint density at radius 1 is 0.381 bits per heavy atom. The zero-order chi connectivity index (χ0) is 27.9. The highest BCUT2D eigenvalue weighted by Gasteiger charge is 2.15. The molecule has 1 aromatic heterocycles. The second-order valence-corrected chi connectivity index (χ2v) is 10.7. The molecule has 0 fully saturated rings. The quantitative estimate of drug-likeness (QED) is 0.210. The summed E-state index contributed by atoms with van der Waals surface area (Å²) in [5.74, 6) is 2.08. The molecule has 0 radical (unpaired) electrons. The highest BCUT2D eigenvalue weighted by Crippen LogP contribution is 2.37. The molecule has 1 aliphatic carbocycles. The summed E-state index contributed by atoms with van der Waals surface area (Å²) in [6.45, 7) is 0. The van der Waals surface area contributed by atoms with Gasteiger partial charge in [0.15, 0.2) is 17.5 Å². The van der Waals surface area contributed by atoms with Crippen LogP contribution >= 0.6 is 0 Å². The minimum atomic E-state index is 0.679. The van der Waals surface area contributed by atoms with E-state index in [1.165, 1.54) is 37.9 Å². The minimum Gasteiger partial charge on any atom is -0.208 e. The normalized spacial score (nSPS) is 13.1. The number of nitrogens with zero attached hydrogens (tertiary/aromatic N) is 3. The molecule has 1 aliphatic rings. The zero-order valence-electron chi connectivity index (χ0n) is 23.0. The fourth-order valence-corrected chi connectivity index (χ4v) is 6.05. The van der Waals surface area contributed by atoms with Gasteiger partial charge in [-0.1, -0.05) is 127 Å². The Labute approximate surface area is 244 Å². The van der Waals surface area contributed by atoms with Crippen LogP contribution in [0.25, 0.3) is 71.8 Å². The molecule has 0 amide bonds. The summed E-state index contributed by atoms with van der Waals surface area (Å²) in [6, 6.07) is 42.9. The summed E-state index contributed by atoms with van der Waals surface area (Å²) in [5.41, 5.74) is 5.29. The van der Waals surface area contributed by atoms with Crippen LogP contribution in [0, 0.1) is 0 Å². The number of rotatable bonds is 4. The van der Waals surface area contributed by atoms with Crippen molar-refractivity contribution in [2.45, 2.75) is 12.8 Å². The number of fused-ring (bicyclic) bond motifs is 6. The standard InChI is InChI=1S/C39H27N3/c1-3-12-26(13-4-1)37-40-38(27-14-5-2-6-15-27)42-39(41-37)30-17-11-16-28(24-30)29-22-23-35-33-20-8-7-18-31(33)32-19-9-10-21-34(32)36(35)25-29/h1,3-5,7-25H,2,6H2. The Hall–Kier alpha value is -5.41. The monoisotopic (exact) mass is 537 g/mol. The molecule has 42 heavy (non-hydrogen) atoms. The lowest BCUT2D eigenvalue weighted by atomic mass is 9.92. The topological polar surface area (TPSA) is 38.7 Å². The molecule has 0 bridgehead atoms. The predicted molar refractivity (Wildman–Crippen MR) is 175 cm³/mol. The van der Waals surface area contributed by atoms with E-state index in [2.05, 4.69) is 109 Å².